The molecule has 0 atom stereocenters. The standard InChI is InChI=1S/C13H20ClN5O2/c1-2-19-13(21)12(14)10(7-16-19)17-9-3-5-18(6-4-9)8-11(15)20/h7,9,17H,2-6,8H2,1H3,(H2,15,20). The fourth-order valence-corrected chi connectivity index (χ4v) is 2.67. The van der Waals surface area contributed by atoms with Crippen LogP contribution in [0.15, 0.2) is 11.0 Å². The van der Waals surface area contributed by atoms with Crippen LogP contribution in [0.1, 0.15) is 19.8 Å². The first-order valence-corrected chi connectivity index (χ1v) is 7.42. The van der Waals surface area contributed by atoms with Crippen molar-refractivity contribution in [3.05, 3.63) is 21.6 Å². The molecule has 3 N–H and O–H groups in total. The largest absolute Gasteiger partial charge is 0.380 e. The van der Waals surface area contributed by atoms with E-state index in [9.17, 15) is 9.59 Å². The molecule has 21 heavy (non-hydrogen) atoms. The summed E-state index contributed by atoms with van der Waals surface area (Å²) in [5, 5.41) is 7.50. The molecule has 1 amide bonds. The number of anilines is 1. The van der Waals surface area contributed by atoms with Gasteiger partial charge in [0.25, 0.3) is 5.56 Å². The molecule has 0 aromatic carbocycles. The Kier molecular flexibility index (Phi) is 5.19. The smallest absolute Gasteiger partial charge is 0.287 e. The molecule has 0 saturated carbocycles. The summed E-state index contributed by atoms with van der Waals surface area (Å²) in [4.78, 5) is 24.8. The van der Waals surface area contributed by atoms with Crippen LogP contribution in [-0.2, 0) is 11.3 Å². The number of likely N-dealkylation sites (tertiary alicyclic amines) is 1. The summed E-state index contributed by atoms with van der Waals surface area (Å²) in [5.41, 5.74) is 5.47. The number of nitrogens with zero attached hydrogens (tertiary/aromatic N) is 3. The number of carbonyl (C=O) groups excluding carboxylic acids is 1. The minimum Gasteiger partial charge on any atom is -0.380 e. The Bertz CT molecular complexity index is 566. The van der Waals surface area contributed by atoms with E-state index in [1.54, 1.807) is 6.20 Å². The van der Waals surface area contributed by atoms with Gasteiger partial charge in [-0.05, 0) is 19.8 Å². The van der Waals surface area contributed by atoms with Gasteiger partial charge in [-0.2, -0.15) is 5.10 Å². The third-order valence-corrected chi connectivity index (χ3v) is 3.98. The van der Waals surface area contributed by atoms with Gasteiger partial charge < -0.3 is 11.1 Å². The van der Waals surface area contributed by atoms with Crippen molar-refractivity contribution in [1.29, 1.82) is 0 Å². The number of aryl methyl sites for hydroxylation is 1. The lowest BCUT2D eigenvalue weighted by Crippen LogP contribution is -2.43. The zero-order valence-electron chi connectivity index (χ0n) is 12.0. The maximum absolute atomic E-state index is 11.9. The second-order valence-corrected chi connectivity index (χ2v) is 5.53. The summed E-state index contributed by atoms with van der Waals surface area (Å²) in [6.07, 6.45) is 3.31. The minimum absolute atomic E-state index is 0.173. The lowest BCUT2D eigenvalue weighted by molar-refractivity contribution is -0.119. The average Bonchev–Trinajstić information content (AvgIpc) is 2.45. The first-order chi connectivity index (χ1) is 10.0. The van der Waals surface area contributed by atoms with Gasteiger partial charge in [-0.1, -0.05) is 11.6 Å². The zero-order valence-corrected chi connectivity index (χ0v) is 12.8. The van der Waals surface area contributed by atoms with E-state index < -0.39 is 0 Å². The van der Waals surface area contributed by atoms with Crippen molar-refractivity contribution in [2.75, 3.05) is 25.0 Å². The summed E-state index contributed by atoms with van der Waals surface area (Å²) in [5.74, 6) is -0.308. The molecular weight excluding hydrogens is 294 g/mol. The van der Waals surface area contributed by atoms with E-state index in [0.29, 0.717) is 18.8 Å². The van der Waals surface area contributed by atoms with E-state index in [4.69, 9.17) is 17.3 Å². The van der Waals surface area contributed by atoms with E-state index in [1.165, 1.54) is 4.68 Å². The van der Waals surface area contributed by atoms with Crippen LogP contribution in [0, 0.1) is 0 Å². The highest BCUT2D eigenvalue weighted by Gasteiger charge is 2.21. The molecule has 0 radical (unpaired) electrons. The molecule has 2 rings (SSSR count). The van der Waals surface area contributed by atoms with Crippen LogP contribution >= 0.6 is 11.6 Å². The Labute approximate surface area is 128 Å². The van der Waals surface area contributed by atoms with Gasteiger partial charge in [0, 0.05) is 25.7 Å². The molecule has 1 aliphatic rings. The van der Waals surface area contributed by atoms with Gasteiger partial charge in [-0.15, -0.1) is 0 Å². The van der Waals surface area contributed by atoms with Gasteiger partial charge in [0.15, 0.2) is 0 Å². The van der Waals surface area contributed by atoms with Crippen molar-refractivity contribution >= 4 is 23.2 Å². The Morgan fingerprint density at radius 1 is 1.52 bits per heavy atom. The van der Waals surface area contributed by atoms with Crippen LogP contribution in [0.5, 0.6) is 0 Å². The molecule has 1 saturated heterocycles. The number of nitrogens with two attached hydrogens (primary N) is 1. The SMILES string of the molecule is CCn1ncc(NC2CCN(CC(N)=O)CC2)c(Cl)c1=O. The molecule has 2 heterocycles. The van der Waals surface area contributed by atoms with Gasteiger partial charge in [-0.3, -0.25) is 14.5 Å². The predicted molar refractivity (Wildman–Crippen MR) is 81.5 cm³/mol. The third-order valence-electron chi connectivity index (χ3n) is 3.61. The molecule has 1 aromatic rings. The van der Waals surface area contributed by atoms with Crippen LogP contribution in [0.25, 0.3) is 0 Å². The summed E-state index contributed by atoms with van der Waals surface area (Å²) in [7, 11) is 0. The lowest BCUT2D eigenvalue weighted by Gasteiger charge is -2.32. The van der Waals surface area contributed by atoms with Gasteiger partial charge in [0.1, 0.15) is 5.02 Å². The van der Waals surface area contributed by atoms with E-state index >= 15 is 0 Å². The second kappa shape index (κ2) is 6.91. The topological polar surface area (TPSA) is 93.2 Å². The third kappa shape index (κ3) is 3.95. The summed E-state index contributed by atoms with van der Waals surface area (Å²) in [6, 6.07) is 0.213. The quantitative estimate of drug-likeness (QED) is 0.814. The molecule has 1 aliphatic heterocycles. The van der Waals surface area contributed by atoms with Crippen molar-refractivity contribution in [1.82, 2.24) is 14.7 Å². The van der Waals surface area contributed by atoms with Crippen LogP contribution in [0.4, 0.5) is 5.69 Å². The molecule has 116 valence electrons. The summed E-state index contributed by atoms with van der Waals surface area (Å²) < 4.78 is 1.32. The van der Waals surface area contributed by atoms with Crippen molar-refractivity contribution in [2.24, 2.45) is 5.73 Å². The number of nitrogens with one attached hydrogen (secondary N) is 1. The molecule has 0 bridgehead atoms. The number of hydrogen-bond donors (Lipinski definition) is 2. The minimum atomic E-state index is -0.308. The molecule has 0 aliphatic carbocycles. The summed E-state index contributed by atoms with van der Waals surface area (Å²) in [6.45, 7) is 4.20. The Morgan fingerprint density at radius 2 is 2.19 bits per heavy atom. The van der Waals surface area contributed by atoms with E-state index in [1.807, 2.05) is 11.8 Å². The van der Waals surface area contributed by atoms with E-state index in [-0.39, 0.29) is 22.5 Å². The monoisotopic (exact) mass is 313 g/mol. The average molecular weight is 314 g/mol. The number of piperidine rings is 1. The van der Waals surface area contributed by atoms with Crippen LogP contribution in [-0.4, -0.2) is 46.3 Å². The number of rotatable bonds is 5. The fraction of sp³-hybridized carbons (Fsp3) is 0.615. The molecule has 8 heteroatoms. The number of primary amides is 1. The predicted octanol–water partition coefficient (Wildman–Crippen LogP) is 0.278. The number of hydrogen-bond acceptors (Lipinski definition) is 5. The van der Waals surface area contributed by atoms with Crippen LogP contribution in [0.3, 0.4) is 0 Å². The number of amides is 1. The summed E-state index contributed by atoms with van der Waals surface area (Å²) >= 11 is 6.09. The van der Waals surface area contributed by atoms with Crippen molar-refractivity contribution in [2.45, 2.75) is 32.4 Å². The molecular formula is C13H20ClN5O2. The Morgan fingerprint density at radius 3 is 2.76 bits per heavy atom. The Hall–Kier alpha value is -1.60. The molecule has 7 nitrogen and oxygen atoms in total. The van der Waals surface area contributed by atoms with Crippen LogP contribution < -0.4 is 16.6 Å². The first kappa shape index (κ1) is 15.8. The highest BCUT2D eigenvalue weighted by molar-refractivity contribution is 6.32. The van der Waals surface area contributed by atoms with Gasteiger partial charge in [0.05, 0.1) is 18.4 Å². The van der Waals surface area contributed by atoms with Gasteiger partial charge >= 0.3 is 0 Å². The molecule has 0 spiro atoms. The first-order valence-electron chi connectivity index (χ1n) is 7.04. The van der Waals surface area contributed by atoms with Gasteiger partial charge in [0.2, 0.25) is 5.91 Å². The van der Waals surface area contributed by atoms with Crippen LogP contribution in [0.2, 0.25) is 5.02 Å². The highest BCUT2D eigenvalue weighted by atomic mass is 35.5. The molecule has 1 fully saturated rings. The van der Waals surface area contributed by atoms with Gasteiger partial charge in [-0.25, -0.2) is 4.68 Å². The van der Waals surface area contributed by atoms with Crippen molar-refractivity contribution in [3.63, 3.8) is 0 Å². The van der Waals surface area contributed by atoms with Crippen molar-refractivity contribution < 1.29 is 4.79 Å². The fourth-order valence-electron chi connectivity index (χ4n) is 2.47. The van der Waals surface area contributed by atoms with E-state index in [2.05, 4.69) is 10.4 Å². The Balaban J connectivity index is 1.96. The number of carbonyl (C=O) groups is 1. The molecule has 0 unspecified atom stereocenters. The highest BCUT2D eigenvalue weighted by Crippen LogP contribution is 2.20. The number of aromatic nitrogens is 2. The second-order valence-electron chi connectivity index (χ2n) is 5.15. The zero-order chi connectivity index (χ0) is 15.4. The normalized spacial score (nSPS) is 16.9. The molecule has 1 aromatic heterocycles. The van der Waals surface area contributed by atoms with E-state index in [0.717, 1.165) is 25.9 Å². The maximum atomic E-state index is 11.9. The maximum Gasteiger partial charge on any atom is 0.287 e. The lowest BCUT2D eigenvalue weighted by atomic mass is 10.0. The number of halogens is 1. The van der Waals surface area contributed by atoms with Crippen molar-refractivity contribution in [3.8, 4) is 0 Å².